The fourth-order valence-corrected chi connectivity index (χ4v) is 3.56. The average Bonchev–Trinajstić information content (AvgIpc) is 2.85. The number of thiocarbonyl (C=S) groups is 1. The van der Waals surface area contributed by atoms with Gasteiger partial charge in [0.05, 0.1) is 33.6 Å². The third kappa shape index (κ3) is 6.76. The number of nitrogens with zero attached hydrogens (tertiary/aromatic N) is 1. The van der Waals surface area contributed by atoms with Gasteiger partial charge in [0.1, 0.15) is 23.0 Å². The zero-order valence-corrected chi connectivity index (χ0v) is 20.3. The maximum atomic E-state index is 5.82. The Morgan fingerprint density at radius 3 is 1.82 bits per heavy atom. The fourth-order valence-electron chi connectivity index (χ4n) is 3.33. The first-order chi connectivity index (χ1) is 16.1. The third-order valence-electron chi connectivity index (χ3n) is 5.08. The monoisotopic (exact) mass is 466 g/mol. The molecule has 0 aliphatic heterocycles. The summed E-state index contributed by atoms with van der Waals surface area (Å²) in [5.74, 6) is 3.04. The van der Waals surface area contributed by atoms with Gasteiger partial charge in [-0.05, 0) is 66.7 Å². The summed E-state index contributed by atoms with van der Waals surface area (Å²) in [5.41, 5.74) is 3.01. The second-order valence-corrected chi connectivity index (χ2v) is 7.66. The van der Waals surface area contributed by atoms with Crippen LogP contribution in [0.5, 0.6) is 23.0 Å². The van der Waals surface area contributed by atoms with Crippen LogP contribution in [0.4, 0.5) is 5.69 Å². The predicted octanol–water partition coefficient (Wildman–Crippen LogP) is 5.51. The standard InChI is InChI=1S/C26H30N2O4S/c1-5-32-22-12-8-20(9-13-22)18-28(17-19-6-10-21(29-2)11-7-19)26(33)27-24-15-14-23(30-3)16-25(24)31-4/h6-16H,5,17-18H2,1-4H3,(H,27,33). The summed E-state index contributed by atoms with van der Waals surface area (Å²) in [4.78, 5) is 2.11. The molecule has 0 atom stereocenters. The Balaban J connectivity index is 1.82. The highest BCUT2D eigenvalue weighted by atomic mass is 32.1. The van der Waals surface area contributed by atoms with Crippen LogP contribution in [0.15, 0.2) is 66.7 Å². The second-order valence-electron chi connectivity index (χ2n) is 7.28. The van der Waals surface area contributed by atoms with E-state index in [9.17, 15) is 0 Å². The van der Waals surface area contributed by atoms with E-state index < -0.39 is 0 Å². The lowest BCUT2D eigenvalue weighted by Gasteiger charge is -2.27. The van der Waals surface area contributed by atoms with Crippen molar-refractivity contribution in [3.8, 4) is 23.0 Å². The van der Waals surface area contributed by atoms with Gasteiger partial charge in [-0.2, -0.15) is 0 Å². The third-order valence-corrected chi connectivity index (χ3v) is 5.44. The summed E-state index contributed by atoms with van der Waals surface area (Å²) in [6.07, 6.45) is 0. The first-order valence-electron chi connectivity index (χ1n) is 10.7. The lowest BCUT2D eigenvalue weighted by atomic mass is 10.1. The number of hydrogen-bond donors (Lipinski definition) is 1. The van der Waals surface area contributed by atoms with Gasteiger partial charge in [0.25, 0.3) is 0 Å². The normalized spacial score (nSPS) is 10.3. The molecule has 3 aromatic rings. The Morgan fingerprint density at radius 2 is 1.30 bits per heavy atom. The van der Waals surface area contributed by atoms with Crippen molar-refractivity contribution in [3.05, 3.63) is 77.9 Å². The molecule has 3 aromatic carbocycles. The molecule has 1 N–H and O–H groups in total. The molecule has 33 heavy (non-hydrogen) atoms. The van der Waals surface area contributed by atoms with E-state index >= 15 is 0 Å². The number of methoxy groups -OCH3 is 3. The predicted molar refractivity (Wildman–Crippen MR) is 136 cm³/mol. The van der Waals surface area contributed by atoms with E-state index in [2.05, 4.69) is 22.3 Å². The molecule has 0 bridgehead atoms. The van der Waals surface area contributed by atoms with Gasteiger partial charge in [-0.25, -0.2) is 0 Å². The van der Waals surface area contributed by atoms with Gasteiger partial charge in [0.2, 0.25) is 0 Å². The Hall–Kier alpha value is -3.45. The summed E-state index contributed by atoms with van der Waals surface area (Å²) >= 11 is 5.82. The Kier molecular flexibility index (Phi) is 8.78. The highest BCUT2D eigenvalue weighted by Crippen LogP contribution is 2.29. The van der Waals surface area contributed by atoms with Gasteiger partial charge in [0, 0.05) is 19.2 Å². The topological polar surface area (TPSA) is 52.2 Å². The van der Waals surface area contributed by atoms with Gasteiger partial charge in [-0.3, -0.25) is 0 Å². The molecule has 6 nitrogen and oxygen atoms in total. The van der Waals surface area contributed by atoms with E-state index in [4.69, 9.17) is 31.2 Å². The van der Waals surface area contributed by atoms with Crippen LogP contribution in [0.2, 0.25) is 0 Å². The minimum atomic E-state index is 0.586. The van der Waals surface area contributed by atoms with Crippen molar-refractivity contribution in [1.82, 2.24) is 4.90 Å². The quantitative estimate of drug-likeness (QED) is 0.395. The van der Waals surface area contributed by atoms with Gasteiger partial charge < -0.3 is 29.2 Å². The van der Waals surface area contributed by atoms with Crippen molar-refractivity contribution in [2.75, 3.05) is 33.3 Å². The largest absolute Gasteiger partial charge is 0.497 e. The molecule has 3 rings (SSSR count). The molecule has 0 saturated heterocycles. The van der Waals surface area contributed by atoms with Crippen LogP contribution in [0, 0.1) is 0 Å². The molecule has 0 amide bonds. The highest BCUT2D eigenvalue weighted by Gasteiger charge is 2.15. The van der Waals surface area contributed by atoms with Gasteiger partial charge in [0.15, 0.2) is 5.11 Å². The molecule has 0 fully saturated rings. The van der Waals surface area contributed by atoms with Gasteiger partial charge in [-0.15, -0.1) is 0 Å². The van der Waals surface area contributed by atoms with E-state index in [0.717, 1.165) is 28.3 Å². The van der Waals surface area contributed by atoms with E-state index in [-0.39, 0.29) is 0 Å². The zero-order chi connectivity index (χ0) is 23.6. The molecule has 0 radical (unpaired) electrons. The summed E-state index contributed by atoms with van der Waals surface area (Å²) in [6.45, 7) is 3.87. The Bertz CT molecular complexity index is 1040. The van der Waals surface area contributed by atoms with Crippen LogP contribution in [-0.4, -0.2) is 37.9 Å². The van der Waals surface area contributed by atoms with Crippen molar-refractivity contribution < 1.29 is 18.9 Å². The second kappa shape index (κ2) is 12.0. The Morgan fingerprint density at radius 1 is 0.758 bits per heavy atom. The van der Waals surface area contributed by atoms with Gasteiger partial charge in [-0.1, -0.05) is 24.3 Å². The number of ether oxygens (including phenoxy) is 4. The van der Waals surface area contributed by atoms with E-state index in [1.807, 2.05) is 61.5 Å². The molecule has 0 saturated carbocycles. The fraction of sp³-hybridized carbons (Fsp3) is 0.269. The zero-order valence-electron chi connectivity index (χ0n) is 19.5. The number of hydrogen-bond acceptors (Lipinski definition) is 5. The molecular formula is C26H30N2O4S. The van der Waals surface area contributed by atoms with Crippen LogP contribution in [0.25, 0.3) is 0 Å². The number of nitrogens with one attached hydrogen (secondary N) is 1. The summed E-state index contributed by atoms with van der Waals surface area (Å²) in [7, 11) is 4.91. The van der Waals surface area contributed by atoms with Crippen molar-refractivity contribution in [3.63, 3.8) is 0 Å². The molecule has 7 heteroatoms. The minimum Gasteiger partial charge on any atom is -0.497 e. The van der Waals surface area contributed by atoms with Crippen molar-refractivity contribution in [2.45, 2.75) is 20.0 Å². The maximum absolute atomic E-state index is 5.82. The van der Waals surface area contributed by atoms with Crippen LogP contribution in [0.1, 0.15) is 18.1 Å². The molecule has 0 heterocycles. The summed E-state index contributed by atoms with van der Waals surface area (Å²) in [5, 5.41) is 3.92. The van der Waals surface area contributed by atoms with E-state index in [1.54, 1.807) is 21.3 Å². The van der Waals surface area contributed by atoms with Crippen LogP contribution >= 0.6 is 12.2 Å². The molecule has 0 aliphatic carbocycles. The Labute approximate surface area is 201 Å². The molecule has 0 aromatic heterocycles. The summed E-state index contributed by atoms with van der Waals surface area (Å²) < 4.78 is 21.7. The lowest BCUT2D eigenvalue weighted by molar-refractivity contribution is 0.340. The average molecular weight is 467 g/mol. The smallest absolute Gasteiger partial charge is 0.174 e. The maximum Gasteiger partial charge on any atom is 0.174 e. The van der Waals surface area contributed by atoms with E-state index in [1.165, 1.54) is 0 Å². The molecular weight excluding hydrogens is 436 g/mol. The SMILES string of the molecule is CCOc1ccc(CN(Cc2ccc(OC)cc2)C(=S)Nc2ccc(OC)cc2OC)cc1. The number of anilines is 1. The highest BCUT2D eigenvalue weighted by molar-refractivity contribution is 7.80. The van der Waals surface area contributed by atoms with Crippen LogP contribution in [0.3, 0.4) is 0 Å². The molecule has 0 aliphatic rings. The van der Waals surface area contributed by atoms with Crippen LogP contribution < -0.4 is 24.3 Å². The van der Waals surface area contributed by atoms with Crippen molar-refractivity contribution in [2.24, 2.45) is 0 Å². The molecule has 0 unspecified atom stereocenters. The number of benzene rings is 3. The van der Waals surface area contributed by atoms with Gasteiger partial charge >= 0.3 is 0 Å². The lowest BCUT2D eigenvalue weighted by Crippen LogP contribution is -2.34. The van der Waals surface area contributed by atoms with Crippen molar-refractivity contribution >= 4 is 23.0 Å². The molecule has 174 valence electrons. The minimum absolute atomic E-state index is 0.586. The summed E-state index contributed by atoms with van der Waals surface area (Å²) in [6, 6.07) is 21.7. The first kappa shape index (κ1) is 24.2. The van der Waals surface area contributed by atoms with E-state index in [0.29, 0.717) is 36.3 Å². The number of rotatable bonds is 10. The van der Waals surface area contributed by atoms with Crippen molar-refractivity contribution in [1.29, 1.82) is 0 Å². The first-order valence-corrected chi connectivity index (χ1v) is 11.1. The van der Waals surface area contributed by atoms with Crippen LogP contribution in [-0.2, 0) is 13.1 Å². The molecule has 0 spiro atoms.